The number of thioether (sulfide) groups is 1. The molecule has 5 heteroatoms. The van der Waals surface area contributed by atoms with Crippen molar-refractivity contribution in [1.82, 2.24) is 9.97 Å². The quantitative estimate of drug-likeness (QED) is 0.284. The molecular formula is C23H17FN2OS. The normalized spacial score (nSPS) is 10.6. The second kappa shape index (κ2) is 8.67. The molecule has 0 aliphatic rings. The number of benzene rings is 3. The number of halogens is 1. The summed E-state index contributed by atoms with van der Waals surface area (Å²) < 4.78 is 19.7. The third kappa shape index (κ3) is 4.56. The van der Waals surface area contributed by atoms with Gasteiger partial charge >= 0.3 is 0 Å². The Bertz CT molecular complexity index is 1060. The van der Waals surface area contributed by atoms with Crippen molar-refractivity contribution in [3.63, 3.8) is 0 Å². The number of hydrogen-bond donors (Lipinski definition) is 0. The largest absolute Gasteiger partial charge is 0.436 e. The molecule has 4 aromatic rings. The van der Waals surface area contributed by atoms with Gasteiger partial charge in [-0.15, -0.1) is 0 Å². The highest BCUT2D eigenvalue weighted by Gasteiger charge is 2.11. The molecule has 4 rings (SSSR count). The van der Waals surface area contributed by atoms with Crippen molar-refractivity contribution in [1.29, 1.82) is 0 Å². The third-order valence-corrected chi connectivity index (χ3v) is 4.93. The van der Waals surface area contributed by atoms with Crippen LogP contribution in [0.25, 0.3) is 11.3 Å². The molecule has 0 N–H and O–H groups in total. The lowest BCUT2D eigenvalue weighted by molar-refractivity contribution is 0.422. The molecule has 0 bridgehead atoms. The second-order valence-corrected chi connectivity index (χ2v) is 6.99. The summed E-state index contributed by atoms with van der Waals surface area (Å²) in [6.07, 6.45) is 0. The van der Waals surface area contributed by atoms with E-state index in [4.69, 9.17) is 4.74 Å². The number of ether oxygens (including phenoxy) is 1. The lowest BCUT2D eigenvalue weighted by atomic mass is 10.1. The zero-order valence-corrected chi connectivity index (χ0v) is 15.8. The fourth-order valence-corrected chi connectivity index (χ4v) is 3.45. The topological polar surface area (TPSA) is 35.0 Å². The summed E-state index contributed by atoms with van der Waals surface area (Å²) in [5, 5.41) is 0.580. The SMILES string of the molecule is Fc1ccccc1Oc1cc(-c2ccccc2)nc(SCc2ccccc2)n1. The molecule has 138 valence electrons. The van der Waals surface area contributed by atoms with Crippen LogP contribution >= 0.6 is 11.8 Å². The van der Waals surface area contributed by atoms with E-state index in [2.05, 4.69) is 22.1 Å². The van der Waals surface area contributed by atoms with Gasteiger partial charge in [-0.25, -0.2) is 9.37 Å². The van der Waals surface area contributed by atoms with Crippen molar-refractivity contribution in [2.45, 2.75) is 10.9 Å². The van der Waals surface area contributed by atoms with Crippen LogP contribution in [0.5, 0.6) is 11.6 Å². The van der Waals surface area contributed by atoms with Crippen LogP contribution in [0.1, 0.15) is 5.56 Å². The van der Waals surface area contributed by atoms with Gasteiger partial charge in [0.2, 0.25) is 5.88 Å². The molecule has 0 aliphatic carbocycles. The molecule has 0 aliphatic heterocycles. The number of rotatable bonds is 6. The molecular weight excluding hydrogens is 371 g/mol. The average molecular weight is 388 g/mol. The summed E-state index contributed by atoms with van der Waals surface area (Å²) in [6, 6.07) is 27.9. The van der Waals surface area contributed by atoms with Crippen molar-refractivity contribution in [2.75, 3.05) is 0 Å². The van der Waals surface area contributed by atoms with Gasteiger partial charge in [0.15, 0.2) is 16.7 Å². The smallest absolute Gasteiger partial charge is 0.224 e. The van der Waals surface area contributed by atoms with Crippen LogP contribution in [-0.2, 0) is 5.75 Å². The van der Waals surface area contributed by atoms with Gasteiger partial charge in [0.25, 0.3) is 0 Å². The van der Waals surface area contributed by atoms with E-state index in [1.165, 1.54) is 23.4 Å². The van der Waals surface area contributed by atoms with Crippen molar-refractivity contribution in [3.8, 4) is 22.9 Å². The molecule has 3 aromatic carbocycles. The minimum absolute atomic E-state index is 0.138. The molecule has 0 radical (unpaired) electrons. The van der Waals surface area contributed by atoms with Crippen LogP contribution in [-0.4, -0.2) is 9.97 Å². The molecule has 1 aromatic heterocycles. The molecule has 0 spiro atoms. The molecule has 0 saturated heterocycles. The van der Waals surface area contributed by atoms with Gasteiger partial charge < -0.3 is 4.74 Å². The van der Waals surface area contributed by atoms with Crippen molar-refractivity contribution in [3.05, 3.63) is 102 Å². The number of para-hydroxylation sites is 1. The van der Waals surface area contributed by atoms with Gasteiger partial charge in [-0.2, -0.15) is 4.98 Å². The van der Waals surface area contributed by atoms with Gasteiger partial charge in [0.1, 0.15) is 0 Å². The number of hydrogen-bond acceptors (Lipinski definition) is 4. The van der Waals surface area contributed by atoms with E-state index in [1.807, 2.05) is 48.5 Å². The van der Waals surface area contributed by atoms with E-state index < -0.39 is 5.82 Å². The van der Waals surface area contributed by atoms with Crippen molar-refractivity contribution in [2.24, 2.45) is 0 Å². The second-order valence-electron chi connectivity index (χ2n) is 6.05. The van der Waals surface area contributed by atoms with E-state index in [0.29, 0.717) is 11.0 Å². The first kappa shape index (κ1) is 18.2. The minimum atomic E-state index is -0.430. The highest BCUT2D eigenvalue weighted by atomic mass is 32.2. The highest BCUT2D eigenvalue weighted by molar-refractivity contribution is 7.98. The summed E-state index contributed by atoms with van der Waals surface area (Å²) in [7, 11) is 0. The lowest BCUT2D eigenvalue weighted by Crippen LogP contribution is -1.97. The van der Waals surface area contributed by atoms with Gasteiger partial charge in [-0.05, 0) is 17.7 Å². The fourth-order valence-electron chi connectivity index (χ4n) is 2.64. The standard InChI is InChI=1S/C23H17FN2OS/c24-19-13-7-8-14-21(19)27-22-15-20(18-11-5-2-6-12-18)25-23(26-22)28-16-17-9-3-1-4-10-17/h1-15H,16H2. The van der Waals surface area contributed by atoms with Crippen molar-refractivity contribution < 1.29 is 9.13 Å². The van der Waals surface area contributed by atoms with Gasteiger partial charge in [-0.3, -0.25) is 0 Å². The predicted octanol–water partition coefficient (Wildman–Crippen LogP) is 6.37. The Kier molecular flexibility index (Phi) is 5.64. The maximum absolute atomic E-state index is 14.0. The molecule has 0 atom stereocenters. The van der Waals surface area contributed by atoms with Crippen LogP contribution in [0.2, 0.25) is 0 Å². The first-order valence-corrected chi connectivity index (χ1v) is 9.80. The van der Waals surface area contributed by atoms with Crippen LogP contribution in [0.3, 0.4) is 0 Å². The molecule has 1 heterocycles. The lowest BCUT2D eigenvalue weighted by Gasteiger charge is -2.10. The molecule has 0 saturated carbocycles. The van der Waals surface area contributed by atoms with Gasteiger partial charge in [0.05, 0.1) is 5.69 Å². The van der Waals surface area contributed by atoms with Crippen LogP contribution < -0.4 is 4.74 Å². The third-order valence-electron chi connectivity index (χ3n) is 4.01. The van der Waals surface area contributed by atoms with Crippen LogP contribution in [0.4, 0.5) is 4.39 Å². The predicted molar refractivity (Wildman–Crippen MR) is 110 cm³/mol. The van der Waals surface area contributed by atoms with Gasteiger partial charge in [-0.1, -0.05) is 84.6 Å². The minimum Gasteiger partial charge on any atom is -0.436 e. The summed E-state index contributed by atoms with van der Waals surface area (Å²) in [6.45, 7) is 0. The maximum atomic E-state index is 14.0. The molecule has 0 unspecified atom stereocenters. The fraction of sp³-hybridized carbons (Fsp3) is 0.0435. The van der Waals surface area contributed by atoms with Crippen molar-refractivity contribution >= 4 is 11.8 Å². The first-order valence-electron chi connectivity index (χ1n) is 8.81. The van der Waals surface area contributed by atoms with E-state index in [-0.39, 0.29) is 5.75 Å². The summed E-state index contributed by atoms with van der Waals surface area (Å²) in [5.74, 6) is 0.757. The van der Waals surface area contributed by atoms with E-state index in [1.54, 1.807) is 24.3 Å². The van der Waals surface area contributed by atoms with Crippen LogP contribution in [0.15, 0.2) is 96.2 Å². The summed E-state index contributed by atoms with van der Waals surface area (Å²) >= 11 is 1.52. The first-order chi connectivity index (χ1) is 13.8. The van der Waals surface area contributed by atoms with Crippen LogP contribution in [0, 0.1) is 5.82 Å². The Hall–Kier alpha value is -3.18. The number of nitrogens with zero attached hydrogens (tertiary/aromatic N) is 2. The number of aromatic nitrogens is 2. The molecule has 0 amide bonds. The zero-order valence-electron chi connectivity index (χ0n) is 15.0. The maximum Gasteiger partial charge on any atom is 0.224 e. The highest BCUT2D eigenvalue weighted by Crippen LogP contribution is 2.29. The average Bonchev–Trinajstić information content (AvgIpc) is 2.75. The Morgan fingerprint density at radius 3 is 2.21 bits per heavy atom. The zero-order chi connectivity index (χ0) is 19.2. The monoisotopic (exact) mass is 388 g/mol. The Labute approximate surface area is 167 Å². The van der Waals surface area contributed by atoms with E-state index in [0.717, 1.165) is 17.0 Å². The molecule has 0 fully saturated rings. The molecule has 3 nitrogen and oxygen atoms in total. The Morgan fingerprint density at radius 1 is 0.786 bits per heavy atom. The summed E-state index contributed by atoms with van der Waals surface area (Å²) in [5.41, 5.74) is 2.86. The van der Waals surface area contributed by atoms with E-state index >= 15 is 0 Å². The van der Waals surface area contributed by atoms with Gasteiger partial charge in [0, 0.05) is 17.4 Å². The van der Waals surface area contributed by atoms with E-state index in [9.17, 15) is 4.39 Å². The molecule has 28 heavy (non-hydrogen) atoms. The summed E-state index contributed by atoms with van der Waals surface area (Å²) in [4.78, 5) is 9.13. The Morgan fingerprint density at radius 2 is 1.46 bits per heavy atom. The Balaban J connectivity index is 1.65.